The molecule has 42 heavy (non-hydrogen) atoms. The van der Waals surface area contributed by atoms with Crippen molar-refractivity contribution < 1.29 is 40.6 Å². The van der Waals surface area contributed by atoms with Gasteiger partial charge in [-0.1, -0.05) is 6.92 Å². The molecule has 2 amide bonds. The number of benzene rings is 2. The minimum atomic E-state index is -4.60. The number of carbonyl (C=O) groups is 2. The molecule has 0 saturated carbocycles. The van der Waals surface area contributed by atoms with E-state index in [2.05, 4.69) is 0 Å². The molecule has 13 nitrogen and oxygen atoms in total. The summed E-state index contributed by atoms with van der Waals surface area (Å²) in [6.45, 7) is 6.57. The van der Waals surface area contributed by atoms with E-state index in [4.69, 9.17) is 14.2 Å². The lowest BCUT2D eigenvalue weighted by molar-refractivity contribution is -0.139. The molecule has 2 aromatic carbocycles. The topological polar surface area (TPSA) is 164 Å². The predicted molar refractivity (Wildman–Crippen MR) is 155 cm³/mol. The number of carbonyl (C=O) groups excluding carboxylic acids is 2. The number of nitrogens with zero attached hydrogens (tertiary/aromatic N) is 4. The molecule has 1 unspecified atom stereocenters. The Kier molecular flexibility index (Phi) is 10.6. The second kappa shape index (κ2) is 13.8. The van der Waals surface area contributed by atoms with Crippen LogP contribution in [0, 0.1) is 11.3 Å². The van der Waals surface area contributed by atoms with Gasteiger partial charge < -0.3 is 14.2 Å². The van der Waals surface area contributed by atoms with Gasteiger partial charge in [0.25, 0.3) is 0 Å². The van der Waals surface area contributed by atoms with Gasteiger partial charge in [-0.3, -0.25) is 9.69 Å². The Balaban J connectivity index is 2.28. The Morgan fingerprint density at radius 3 is 2.19 bits per heavy atom. The maximum absolute atomic E-state index is 14.0. The highest BCUT2D eigenvalue weighted by Gasteiger charge is 2.50. The fourth-order valence-electron chi connectivity index (χ4n) is 4.43. The molecule has 1 aliphatic rings. The van der Waals surface area contributed by atoms with Crippen LogP contribution in [0.4, 0.5) is 16.2 Å². The number of urea groups is 1. The summed E-state index contributed by atoms with van der Waals surface area (Å²) in [6, 6.07) is 11.0. The van der Waals surface area contributed by atoms with Crippen LogP contribution < -0.4 is 18.7 Å². The summed E-state index contributed by atoms with van der Waals surface area (Å²) >= 11 is 0. The summed E-state index contributed by atoms with van der Waals surface area (Å²) in [4.78, 5) is 27.2. The summed E-state index contributed by atoms with van der Waals surface area (Å²) < 4.78 is 71.9. The molecule has 1 atom stereocenters. The predicted octanol–water partition coefficient (Wildman–Crippen LogP) is 3.06. The monoisotopic (exact) mass is 622 g/mol. The quantitative estimate of drug-likeness (QED) is 0.286. The summed E-state index contributed by atoms with van der Waals surface area (Å²) in [5.74, 6) is -1.91. The third kappa shape index (κ3) is 7.05. The van der Waals surface area contributed by atoms with Crippen molar-refractivity contribution in [3.8, 4) is 17.6 Å². The first-order chi connectivity index (χ1) is 19.9. The molecule has 1 saturated heterocycles. The normalized spacial score (nSPS) is 15.3. The highest BCUT2D eigenvalue weighted by Crippen LogP contribution is 2.38. The van der Waals surface area contributed by atoms with Crippen LogP contribution in [0.2, 0.25) is 0 Å². The smallest absolute Gasteiger partial charge is 0.340 e. The largest absolute Gasteiger partial charge is 0.490 e. The molecule has 15 heteroatoms. The van der Waals surface area contributed by atoms with E-state index in [0.717, 1.165) is 9.21 Å². The molecule has 0 N–H and O–H groups in total. The van der Waals surface area contributed by atoms with E-state index in [0.29, 0.717) is 16.7 Å². The molecule has 0 spiro atoms. The molecule has 0 aromatic heterocycles. The summed E-state index contributed by atoms with van der Waals surface area (Å²) in [6.07, 6.45) is -1.24. The molecule has 0 radical (unpaired) electrons. The first kappa shape index (κ1) is 32.5. The molecule has 1 heterocycles. The zero-order valence-electron chi connectivity index (χ0n) is 23.8. The van der Waals surface area contributed by atoms with Gasteiger partial charge in [0.1, 0.15) is 6.17 Å². The third-order valence-corrected chi connectivity index (χ3v) is 9.63. The van der Waals surface area contributed by atoms with Gasteiger partial charge in [0.15, 0.2) is 17.3 Å². The van der Waals surface area contributed by atoms with E-state index < -0.39 is 50.5 Å². The van der Waals surface area contributed by atoms with Crippen molar-refractivity contribution in [3.63, 3.8) is 0 Å². The van der Waals surface area contributed by atoms with Crippen molar-refractivity contribution in [1.29, 1.82) is 5.26 Å². The van der Waals surface area contributed by atoms with Gasteiger partial charge in [0.2, 0.25) is 20.0 Å². The number of hydrogen-bond acceptors (Lipinski definition) is 10. The number of ether oxygens (including phenoxy) is 3. The Morgan fingerprint density at radius 1 is 0.976 bits per heavy atom. The number of rotatable bonds is 14. The second-order valence-corrected chi connectivity index (χ2v) is 12.9. The molecule has 1 aliphatic heterocycles. The highest BCUT2D eigenvalue weighted by molar-refractivity contribution is 7.93. The average molecular weight is 623 g/mol. The first-order valence-electron chi connectivity index (χ1n) is 13.3. The molecule has 1 fully saturated rings. The van der Waals surface area contributed by atoms with Crippen LogP contribution in [0.5, 0.6) is 11.5 Å². The minimum absolute atomic E-state index is 0.00242. The molecule has 3 rings (SSSR count). The van der Waals surface area contributed by atoms with E-state index in [1.54, 1.807) is 20.8 Å². The lowest BCUT2D eigenvalue weighted by Crippen LogP contribution is -2.52. The van der Waals surface area contributed by atoms with Gasteiger partial charge >= 0.3 is 12.0 Å². The van der Waals surface area contributed by atoms with E-state index >= 15 is 0 Å². The van der Waals surface area contributed by atoms with Gasteiger partial charge in [-0.25, -0.2) is 30.2 Å². The Morgan fingerprint density at radius 2 is 1.62 bits per heavy atom. The summed E-state index contributed by atoms with van der Waals surface area (Å²) in [5.41, 5.74) is 0.417. The van der Waals surface area contributed by atoms with Gasteiger partial charge in [-0.05, 0) is 63.6 Å². The van der Waals surface area contributed by atoms with Crippen LogP contribution >= 0.6 is 0 Å². The zero-order valence-corrected chi connectivity index (χ0v) is 25.5. The van der Waals surface area contributed by atoms with Crippen LogP contribution in [0.15, 0.2) is 42.5 Å². The fourth-order valence-corrected chi connectivity index (χ4v) is 7.34. The van der Waals surface area contributed by atoms with Crippen molar-refractivity contribution in [1.82, 2.24) is 4.31 Å². The van der Waals surface area contributed by atoms with Crippen molar-refractivity contribution in [2.75, 3.05) is 47.1 Å². The molecule has 0 aliphatic carbocycles. The van der Waals surface area contributed by atoms with Crippen molar-refractivity contribution in [3.05, 3.63) is 48.0 Å². The average Bonchev–Trinajstić information content (AvgIpc) is 3.27. The highest BCUT2D eigenvalue weighted by atomic mass is 32.2. The number of sulfonamides is 2. The van der Waals surface area contributed by atoms with Crippen LogP contribution in [0.25, 0.3) is 0 Å². The van der Waals surface area contributed by atoms with Gasteiger partial charge in [0, 0.05) is 11.8 Å². The second-order valence-electron chi connectivity index (χ2n) is 8.99. The maximum atomic E-state index is 14.0. The third-order valence-electron chi connectivity index (χ3n) is 6.08. The van der Waals surface area contributed by atoms with Gasteiger partial charge in [-0.15, -0.1) is 0 Å². The Hall–Kier alpha value is -4.03. The number of amides is 2. The van der Waals surface area contributed by atoms with Crippen LogP contribution in [-0.4, -0.2) is 77.2 Å². The number of nitriles is 1. The summed E-state index contributed by atoms with van der Waals surface area (Å²) in [5, 5.41) is 9.24. The van der Waals surface area contributed by atoms with Crippen molar-refractivity contribution in [2.45, 2.75) is 40.3 Å². The molecule has 0 bridgehead atoms. The zero-order chi connectivity index (χ0) is 31.1. The first-order valence-corrected chi connectivity index (χ1v) is 16.6. The minimum Gasteiger partial charge on any atom is -0.490 e. The number of hydrogen-bond donors (Lipinski definition) is 0. The van der Waals surface area contributed by atoms with Crippen LogP contribution in [0.3, 0.4) is 0 Å². The van der Waals surface area contributed by atoms with Gasteiger partial charge in [0.05, 0.1) is 49.4 Å². The van der Waals surface area contributed by atoms with E-state index in [9.17, 15) is 31.7 Å². The molecular weight excluding hydrogens is 588 g/mol. The van der Waals surface area contributed by atoms with E-state index in [1.807, 2.05) is 6.07 Å². The fraction of sp³-hybridized carbons (Fsp3) is 0.444. The van der Waals surface area contributed by atoms with Gasteiger partial charge in [-0.2, -0.15) is 5.26 Å². The molecular formula is C27H34N4O9S2. The Bertz CT molecular complexity index is 1540. The van der Waals surface area contributed by atoms with Crippen molar-refractivity contribution >= 4 is 43.4 Å². The SMILES string of the molecule is CCCS(=O)(=O)N1CC(N(c2ccc(OCC)c(OCC)c2)S(=O)(=O)CC(=O)OCC)N(c2ccc(C#N)cc2)C1=O. The van der Waals surface area contributed by atoms with Crippen LogP contribution in [0.1, 0.15) is 39.7 Å². The Labute approximate surface area is 246 Å². The number of esters is 1. The van der Waals surface area contributed by atoms with E-state index in [1.165, 1.54) is 49.4 Å². The van der Waals surface area contributed by atoms with E-state index in [-0.39, 0.29) is 48.1 Å². The van der Waals surface area contributed by atoms with Crippen molar-refractivity contribution in [2.24, 2.45) is 0 Å². The van der Waals surface area contributed by atoms with Crippen LogP contribution in [-0.2, 0) is 29.6 Å². The maximum Gasteiger partial charge on any atom is 0.340 e. The standard InChI is InChI=1S/C27H34N4O9S2/c1-5-15-41(34,35)29-18-25(30(27(29)33)21-11-9-20(17-28)10-12-21)31(42(36,37)19-26(32)40-8-4)22-13-14-23(38-6-2)24(16-22)39-7-3/h9-14,16,25H,5-8,15,18-19H2,1-4H3. The summed E-state index contributed by atoms with van der Waals surface area (Å²) in [7, 11) is -8.74. The molecule has 2 aromatic rings. The lowest BCUT2D eigenvalue weighted by atomic mass is 10.2. The lowest BCUT2D eigenvalue weighted by Gasteiger charge is -2.34. The molecule has 228 valence electrons. The number of anilines is 2.